The summed E-state index contributed by atoms with van der Waals surface area (Å²) in [5, 5.41) is 7.75. The fourth-order valence-corrected chi connectivity index (χ4v) is 4.07. The molecule has 6 nitrogen and oxygen atoms in total. The van der Waals surface area contributed by atoms with Crippen molar-refractivity contribution in [2.45, 2.75) is 31.6 Å². The molecule has 1 aromatic carbocycles. The number of hydrogen-bond acceptors (Lipinski definition) is 4. The van der Waals surface area contributed by atoms with E-state index < -0.39 is 11.7 Å². The van der Waals surface area contributed by atoms with Gasteiger partial charge in [-0.15, -0.1) is 0 Å². The number of fused-ring (bicyclic) bond motifs is 1. The van der Waals surface area contributed by atoms with Gasteiger partial charge in [-0.25, -0.2) is 0 Å². The second-order valence-corrected chi connectivity index (χ2v) is 7.93. The highest BCUT2D eigenvalue weighted by Gasteiger charge is 2.35. The maximum atomic E-state index is 13.4. The molecule has 0 aliphatic carbocycles. The number of nitrogens with zero attached hydrogens (tertiary/aromatic N) is 4. The fraction of sp³-hybridized carbons (Fsp3) is 0.318. The number of nitrogens with one attached hydrogen (secondary N) is 1. The van der Waals surface area contributed by atoms with Gasteiger partial charge >= 0.3 is 6.18 Å². The molecule has 0 spiro atoms. The van der Waals surface area contributed by atoms with Gasteiger partial charge in [0.2, 0.25) is 0 Å². The van der Waals surface area contributed by atoms with Crippen LogP contribution in [-0.4, -0.2) is 33.8 Å². The van der Waals surface area contributed by atoms with Gasteiger partial charge in [-0.05, 0) is 61.9 Å². The molecule has 0 saturated carbocycles. The first-order valence-electron chi connectivity index (χ1n) is 10.1. The lowest BCUT2D eigenvalue weighted by molar-refractivity contribution is -0.137. The fourth-order valence-electron chi connectivity index (χ4n) is 4.07. The summed E-state index contributed by atoms with van der Waals surface area (Å²) in [6.07, 6.45) is -0.00944. The third-order valence-corrected chi connectivity index (χ3v) is 5.89. The van der Waals surface area contributed by atoms with Crippen LogP contribution in [-0.2, 0) is 6.18 Å². The summed E-state index contributed by atoms with van der Waals surface area (Å²) < 4.78 is 40.4. The van der Waals surface area contributed by atoms with E-state index in [0.717, 1.165) is 36.4 Å². The molecule has 160 valence electrons. The molecule has 1 N–H and O–H groups in total. The molecule has 3 aromatic rings. The second-order valence-electron chi connectivity index (χ2n) is 7.93. The van der Waals surface area contributed by atoms with Crippen molar-refractivity contribution in [3.63, 3.8) is 0 Å². The highest BCUT2D eigenvalue weighted by molar-refractivity contribution is 6.09. The monoisotopic (exact) mass is 427 g/mol. The van der Waals surface area contributed by atoms with E-state index in [1.165, 1.54) is 17.0 Å². The van der Waals surface area contributed by atoms with Crippen molar-refractivity contribution in [3.8, 4) is 11.1 Å². The predicted octanol–water partition coefficient (Wildman–Crippen LogP) is 4.22. The van der Waals surface area contributed by atoms with Gasteiger partial charge in [-0.3, -0.25) is 14.5 Å². The number of pyridine rings is 1. The Labute approximate surface area is 176 Å². The van der Waals surface area contributed by atoms with E-state index in [9.17, 15) is 18.0 Å². The first-order valence-corrected chi connectivity index (χ1v) is 10.1. The summed E-state index contributed by atoms with van der Waals surface area (Å²) in [5.41, 5.74) is 2.56. The molecule has 31 heavy (non-hydrogen) atoms. The van der Waals surface area contributed by atoms with Crippen molar-refractivity contribution in [2.24, 2.45) is 0 Å². The first kappa shape index (κ1) is 19.7. The summed E-state index contributed by atoms with van der Waals surface area (Å²) in [4.78, 5) is 19.3. The van der Waals surface area contributed by atoms with E-state index >= 15 is 0 Å². The maximum absolute atomic E-state index is 13.4. The summed E-state index contributed by atoms with van der Waals surface area (Å²) in [5.74, 6) is -0.287. The molecule has 1 amide bonds. The largest absolute Gasteiger partial charge is 0.416 e. The second kappa shape index (κ2) is 7.19. The minimum Gasteiger partial charge on any atom is -0.309 e. The van der Waals surface area contributed by atoms with Crippen LogP contribution >= 0.6 is 0 Å². The molecule has 5 rings (SSSR count). The summed E-state index contributed by atoms with van der Waals surface area (Å²) in [7, 11) is 0. The van der Waals surface area contributed by atoms with Gasteiger partial charge in [0.1, 0.15) is 5.69 Å². The van der Waals surface area contributed by atoms with E-state index in [2.05, 4.69) is 15.4 Å². The van der Waals surface area contributed by atoms with Gasteiger partial charge in [-0.1, -0.05) is 0 Å². The number of halogens is 3. The lowest BCUT2D eigenvalue weighted by Gasteiger charge is -2.32. The first-order chi connectivity index (χ1) is 14.8. The van der Waals surface area contributed by atoms with E-state index in [1.54, 1.807) is 17.1 Å². The van der Waals surface area contributed by atoms with Crippen molar-refractivity contribution in [1.82, 2.24) is 20.1 Å². The van der Waals surface area contributed by atoms with Crippen molar-refractivity contribution in [2.75, 3.05) is 18.0 Å². The Hall–Kier alpha value is -3.20. The molecule has 4 heterocycles. The van der Waals surface area contributed by atoms with E-state index in [1.807, 2.05) is 19.1 Å². The topological polar surface area (TPSA) is 63.1 Å². The Bertz CT molecular complexity index is 1130. The minimum atomic E-state index is -4.42. The molecule has 1 unspecified atom stereocenters. The molecular weight excluding hydrogens is 407 g/mol. The number of carbonyl (C=O) groups excluding carboxylic acids is 1. The van der Waals surface area contributed by atoms with Crippen LogP contribution in [0.25, 0.3) is 11.1 Å². The van der Waals surface area contributed by atoms with Crippen LogP contribution in [0.3, 0.4) is 0 Å². The van der Waals surface area contributed by atoms with E-state index in [4.69, 9.17) is 0 Å². The molecule has 1 saturated heterocycles. The molecule has 2 aliphatic rings. The lowest BCUT2D eigenvalue weighted by Crippen LogP contribution is -2.42. The molecule has 2 aliphatic heterocycles. The Balaban J connectivity index is 1.51. The van der Waals surface area contributed by atoms with Gasteiger partial charge in [0.15, 0.2) is 0 Å². The van der Waals surface area contributed by atoms with Gasteiger partial charge in [0.25, 0.3) is 5.91 Å². The zero-order valence-corrected chi connectivity index (χ0v) is 16.7. The van der Waals surface area contributed by atoms with Crippen LogP contribution in [0, 0.1) is 0 Å². The molecule has 1 fully saturated rings. The van der Waals surface area contributed by atoms with Crippen molar-refractivity contribution < 1.29 is 18.0 Å². The quantitative estimate of drug-likeness (QED) is 0.680. The summed E-state index contributed by atoms with van der Waals surface area (Å²) in [6.45, 7) is 3.21. The number of carbonyl (C=O) groups is 1. The van der Waals surface area contributed by atoms with E-state index in [-0.39, 0.29) is 18.0 Å². The van der Waals surface area contributed by atoms with Crippen LogP contribution in [0.15, 0.2) is 48.8 Å². The van der Waals surface area contributed by atoms with Crippen molar-refractivity contribution >= 4 is 11.6 Å². The van der Waals surface area contributed by atoms with Crippen LogP contribution in [0.4, 0.5) is 18.9 Å². The molecular formula is C22H20F3N5O. The lowest BCUT2D eigenvalue weighted by atomic mass is 9.98. The smallest absolute Gasteiger partial charge is 0.309 e. The number of aromatic nitrogens is 3. The number of hydrogen-bond donors (Lipinski definition) is 1. The number of rotatable bonds is 3. The summed E-state index contributed by atoms with van der Waals surface area (Å²) in [6, 6.07) is 8.57. The Kier molecular flexibility index (Phi) is 4.58. The number of benzene rings is 1. The van der Waals surface area contributed by atoms with Gasteiger partial charge in [0, 0.05) is 24.0 Å². The number of alkyl halides is 3. The standard InChI is InChI=1S/C22H20F3N5O/c1-13-12-29(16-4-2-15(3-5-16)22(23,24)25)21(31)20-17(11-28-30(13)20)14-6-8-27-19(10-14)18-7-9-26-18/h2-6,8,10-11,13,18,26H,7,9,12H2,1H3/t13-,18?/m0/s1. The van der Waals surface area contributed by atoms with Crippen LogP contribution in [0.1, 0.15) is 47.2 Å². The highest BCUT2D eigenvalue weighted by Crippen LogP contribution is 2.35. The van der Waals surface area contributed by atoms with E-state index in [0.29, 0.717) is 23.5 Å². The number of amides is 1. The molecule has 2 atom stereocenters. The third-order valence-electron chi connectivity index (χ3n) is 5.89. The normalized spacial score (nSPS) is 21.0. The average Bonchev–Trinajstić information content (AvgIpc) is 3.15. The third kappa shape index (κ3) is 3.38. The Morgan fingerprint density at radius 1 is 1.16 bits per heavy atom. The van der Waals surface area contributed by atoms with Gasteiger partial charge < -0.3 is 10.2 Å². The Morgan fingerprint density at radius 2 is 1.90 bits per heavy atom. The van der Waals surface area contributed by atoms with Crippen molar-refractivity contribution in [1.29, 1.82) is 0 Å². The predicted molar refractivity (Wildman–Crippen MR) is 109 cm³/mol. The van der Waals surface area contributed by atoms with Gasteiger partial charge in [-0.2, -0.15) is 18.3 Å². The summed E-state index contributed by atoms with van der Waals surface area (Å²) >= 11 is 0. The van der Waals surface area contributed by atoms with Gasteiger partial charge in [0.05, 0.1) is 29.5 Å². The van der Waals surface area contributed by atoms with Crippen LogP contribution in [0.2, 0.25) is 0 Å². The zero-order chi connectivity index (χ0) is 21.8. The average molecular weight is 427 g/mol. The SMILES string of the molecule is C[C@H]1CN(c2ccc(C(F)(F)F)cc2)C(=O)c2c(-c3ccnc(C4CCN4)c3)cnn21. The maximum Gasteiger partial charge on any atom is 0.416 e. The van der Waals surface area contributed by atoms with Crippen molar-refractivity contribution in [3.05, 3.63) is 65.7 Å². The zero-order valence-electron chi connectivity index (χ0n) is 16.7. The van der Waals surface area contributed by atoms with Crippen LogP contribution < -0.4 is 10.2 Å². The molecule has 0 radical (unpaired) electrons. The highest BCUT2D eigenvalue weighted by atomic mass is 19.4. The molecule has 0 bridgehead atoms. The minimum absolute atomic E-state index is 0.127. The number of anilines is 1. The molecule has 9 heteroatoms. The van der Waals surface area contributed by atoms with Crippen LogP contribution in [0.5, 0.6) is 0 Å². The Morgan fingerprint density at radius 3 is 2.55 bits per heavy atom. The molecule has 2 aromatic heterocycles.